The molecule has 0 aliphatic heterocycles. The maximum atomic E-state index is 10.8. The molecule has 114 valence electrons. The number of rotatable bonds is 4. The first kappa shape index (κ1) is 14.4. The molecule has 0 spiro atoms. The third-order valence-corrected chi connectivity index (χ3v) is 3.40. The summed E-state index contributed by atoms with van der Waals surface area (Å²) in [6, 6.07) is 9.04. The van der Waals surface area contributed by atoms with E-state index in [1.54, 1.807) is 42.2 Å². The Morgan fingerprint density at radius 2 is 2.09 bits per heavy atom. The fourth-order valence-electron chi connectivity index (χ4n) is 2.12. The van der Waals surface area contributed by atoms with Crippen molar-refractivity contribution in [1.29, 1.82) is 5.26 Å². The van der Waals surface area contributed by atoms with Gasteiger partial charge in [-0.15, -0.1) is 5.10 Å². The first-order chi connectivity index (χ1) is 11.1. The smallest absolute Gasteiger partial charge is 0.342 e. The van der Waals surface area contributed by atoms with Crippen molar-refractivity contribution < 1.29 is 4.92 Å². The molecule has 3 rings (SSSR count). The molecule has 0 aliphatic carbocycles. The lowest BCUT2D eigenvalue weighted by Crippen LogP contribution is -2.08. The van der Waals surface area contributed by atoms with E-state index in [1.165, 1.54) is 10.8 Å². The standard InChI is InChI=1S/C14H11N7O2/c1-19-13(16-7-14(19)21(22)23)9-20-8-12(17-18-20)11-4-2-10(6-15)3-5-11/h2-5,7-8H,9H2,1H3. The Morgan fingerprint density at radius 1 is 1.35 bits per heavy atom. The zero-order valence-corrected chi connectivity index (χ0v) is 12.1. The lowest BCUT2D eigenvalue weighted by atomic mass is 10.1. The van der Waals surface area contributed by atoms with Gasteiger partial charge in [-0.25, -0.2) is 14.2 Å². The van der Waals surface area contributed by atoms with Crippen LogP contribution in [-0.2, 0) is 13.6 Å². The molecule has 0 radical (unpaired) electrons. The lowest BCUT2D eigenvalue weighted by molar-refractivity contribution is -0.391. The van der Waals surface area contributed by atoms with Gasteiger partial charge in [0.2, 0.25) is 5.82 Å². The van der Waals surface area contributed by atoms with Gasteiger partial charge >= 0.3 is 5.82 Å². The summed E-state index contributed by atoms with van der Waals surface area (Å²) in [4.78, 5) is 14.4. The highest BCUT2D eigenvalue weighted by Crippen LogP contribution is 2.17. The van der Waals surface area contributed by atoms with Gasteiger partial charge in [0.15, 0.2) is 0 Å². The van der Waals surface area contributed by atoms with Gasteiger partial charge in [0.25, 0.3) is 0 Å². The quantitative estimate of drug-likeness (QED) is 0.532. The van der Waals surface area contributed by atoms with E-state index in [0.717, 1.165) is 5.56 Å². The molecule has 0 unspecified atom stereocenters. The normalized spacial score (nSPS) is 10.4. The van der Waals surface area contributed by atoms with Gasteiger partial charge in [-0.1, -0.05) is 17.3 Å². The third-order valence-electron chi connectivity index (χ3n) is 3.40. The number of aromatic nitrogens is 5. The van der Waals surface area contributed by atoms with E-state index in [0.29, 0.717) is 17.1 Å². The summed E-state index contributed by atoms with van der Waals surface area (Å²) in [5.74, 6) is 0.431. The van der Waals surface area contributed by atoms with Crippen molar-refractivity contribution in [2.45, 2.75) is 6.54 Å². The van der Waals surface area contributed by atoms with Crippen molar-refractivity contribution in [1.82, 2.24) is 24.5 Å². The Bertz CT molecular complexity index is 902. The number of nitriles is 1. The minimum Gasteiger partial charge on any atom is -0.358 e. The van der Waals surface area contributed by atoms with Crippen LogP contribution in [0.1, 0.15) is 11.4 Å². The lowest BCUT2D eigenvalue weighted by Gasteiger charge is -1.98. The fourth-order valence-corrected chi connectivity index (χ4v) is 2.12. The second-order valence-corrected chi connectivity index (χ2v) is 4.84. The Morgan fingerprint density at radius 3 is 2.70 bits per heavy atom. The first-order valence-corrected chi connectivity index (χ1v) is 6.64. The van der Waals surface area contributed by atoms with Crippen LogP contribution in [-0.4, -0.2) is 29.5 Å². The van der Waals surface area contributed by atoms with Gasteiger partial charge in [-0.05, 0) is 17.1 Å². The van der Waals surface area contributed by atoms with Crippen LogP contribution in [0.25, 0.3) is 11.3 Å². The maximum absolute atomic E-state index is 10.8. The van der Waals surface area contributed by atoms with E-state index >= 15 is 0 Å². The molecule has 0 saturated carbocycles. The molecule has 0 saturated heterocycles. The van der Waals surface area contributed by atoms with Gasteiger partial charge in [0, 0.05) is 5.56 Å². The van der Waals surface area contributed by atoms with E-state index in [1.807, 2.05) is 0 Å². The molecule has 0 fully saturated rings. The largest absolute Gasteiger partial charge is 0.358 e. The predicted molar refractivity (Wildman–Crippen MR) is 79.1 cm³/mol. The molecule has 9 nitrogen and oxygen atoms in total. The minimum absolute atomic E-state index is 0.0765. The van der Waals surface area contributed by atoms with E-state index in [9.17, 15) is 10.1 Å². The summed E-state index contributed by atoms with van der Waals surface area (Å²) in [7, 11) is 1.58. The van der Waals surface area contributed by atoms with Crippen LogP contribution >= 0.6 is 0 Å². The van der Waals surface area contributed by atoms with Crippen LogP contribution in [0.5, 0.6) is 0 Å². The number of hydrogen-bond donors (Lipinski definition) is 0. The first-order valence-electron chi connectivity index (χ1n) is 6.64. The Balaban J connectivity index is 1.82. The van der Waals surface area contributed by atoms with Crippen molar-refractivity contribution in [3.63, 3.8) is 0 Å². The molecular formula is C14H11N7O2. The van der Waals surface area contributed by atoms with Gasteiger partial charge in [0.05, 0.1) is 24.9 Å². The Labute approximate surface area is 130 Å². The van der Waals surface area contributed by atoms with Crippen LogP contribution in [0.4, 0.5) is 5.82 Å². The molecule has 0 bridgehead atoms. The number of hydrogen-bond acceptors (Lipinski definition) is 6. The summed E-state index contributed by atoms with van der Waals surface area (Å²) in [5, 5.41) is 27.7. The van der Waals surface area contributed by atoms with E-state index in [-0.39, 0.29) is 12.4 Å². The summed E-state index contributed by atoms with van der Waals surface area (Å²) < 4.78 is 2.96. The maximum Gasteiger partial charge on any atom is 0.342 e. The molecule has 0 N–H and O–H groups in total. The summed E-state index contributed by atoms with van der Waals surface area (Å²) in [6.07, 6.45) is 2.94. The van der Waals surface area contributed by atoms with E-state index in [4.69, 9.17) is 5.26 Å². The molecule has 0 amide bonds. The SMILES string of the molecule is Cn1c([N+](=O)[O-])cnc1Cn1cc(-c2ccc(C#N)cc2)nn1. The van der Waals surface area contributed by atoms with Crippen molar-refractivity contribution in [2.24, 2.45) is 7.05 Å². The molecule has 2 heterocycles. The van der Waals surface area contributed by atoms with Crippen LogP contribution in [0.15, 0.2) is 36.7 Å². The minimum atomic E-state index is -0.486. The zero-order valence-electron chi connectivity index (χ0n) is 12.1. The molecule has 3 aromatic rings. The molecule has 1 aromatic carbocycles. The fraction of sp³-hybridized carbons (Fsp3) is 0.143. The number of nitrogens with zero attached hydrogens (tertiary/aromatic N) is 7. The summed E-state index contributed by atoms with van der Waals surface area (Å²) >= 11 is 0. The van der Waals surface area contributed by atoms with Crippen LogP contribution in [0.2, 0.25) is 0 Å². The van der Waals surface area contributed by atoms with Gasteiger partial charge in [-0.2, -0.15) is 5.26 Å². The number of nitro groups is 1. The average molecular weight is 309 g/mol. The molecule has 0 atom stereocenters. The second-order valence-electron chi connectivity index (χ2n) is 4.84. The Hall–Kier alpha value is -3.54. The van der Waals surface area contributed by atoms with E-state index < -0.39 is 4.92 Å². The van der Waals surface area contributed by atoms with Gasteiger partial charge < -0.3 is 10.1 Å². The highest BCUT2D eigenvalue weighted by atomic mass is 16.6. The van der Waals surface area contributed by atoms with Crippen LogP contribution < -0.4 is 0 Å². The Kier molecular flexibility index (Phi) is 3.56. The molecule has 2 aromatic heterocycles. The van der Waals surface area contributed by atoms with Gasteiger partial charge in [-0.3, -0.25) is 0 Å². The van der Waals surface area contributed by atoms with Gasteiger partial charge in [0.1, 0.15) is 18.4 Å². The molecule has 9 heteroatoms. The van der Waals surface area contributed by atoms with Crippen molar-refractivity contribution in [3.05, 3.63) is 58.2 Å². The topological polar surface area (TPSA) is 115 Å². The van der Waals surface area contributed by atoms with Crippen molar-refractivity contribution in [2.75, 3.05) is 0 Å². The summed E-state index contributed by atoms with van der Waals surface area (Å²) in [5.41, 5.74) is 2.06. The molecule has 23 heavy (non-hydrogen) atoms. The van der Waals surface area contributed by atoms with Crippen molar-refractivity contribution >= 4 is 5.82 Å². The number of imidazole rings is 1. The second kappa shape index (κ2) is 5.69. The number of benzene rings is 1. The van der Waals surface area contributed by atoms with Crippen molar-refractivity contribution in [3.8, 4) is 17.3 Å². The molecule has 0 aliphatic rings. The molecular weight excluding hydrogens is 298 g/mol. The predicted octanol–water partition coefficient (Wildman–Crippen LogP) is 1.51. The summed E-state index contributed by atoms with van der Waals surface area (Å²) in [6.45, 7) is 0.271. The third kappa shape index (κ3) is 2.77. The van der Waals surface area contributed by atoms with Crippen LogP contribution in [0.3, 0.4) is 0 Å². The van der Waals surface area contributed by atoms with E-state index in [2.05, 4.69) is 21.4 Å². The zero-order chi connectivity index (χ0) is 16.4. The average Bonchev–Trinajstić information content (AvgIpc) is 3.16. The highest BCUT2D eigenvalue weighted by Gasteiger charge is 2.17. The van der Waals surface area contributed by atoms with Crippen LogP contribution in [0, 0.1) is 21.4 Å². The highest BCUT2D eigenvalue weighted by molar-refractivity contribution is 5.58. The monoisotopic (exact) mass is 309 g/mol.